The van der Waals surface area contributed by atoms with Crippen LogP contribution in [-0.4, -0.2) is 47.4 Å². The zero-order valence-electron chi connectivity index (χ0n) is 54.6. The number of nitrogens with one attached hydrogen (secondary N) is 1. The van der Waals surface area contributed by atoms with Gasteiger partial charge in [0.2, 0.25) is 5.91 Å². The van der Waals surface area contributed by atoms with Gasteiger partial charge in [0.25, 0.3) is 0 Å². The van der Waals surface area contributed by atoms with E-state index in [1.54, 1.807) is 0 Å². The van der Waals surface area contributed by atoms with Gasteiger partial charge in [-0.2, -0.15) is 0 Å². The fourth-order valence-electron chi connectivity index (χ4n) is 11.9. The Bertz CT molecular complexity index is 1210. The van der Waals surface area contributed by atoms with Crippen molar-refractivity contribution in [3.05, 3.63) is 12.2 Å². The van der Waals surface area contributed by atoms with E-state index in [1.165, 1.54) is 353 Å². The normalized spacial score (nSPS) is 12.5. The van der Waals surface area contributed by atoms with Gasteiger partial charge >= 0.3 is 5.97 Å². The maximum absolute atomic E-state index is 12.6. The lowest BCUT2D eigenvalue weighted by molar-refractivity contribution is -0.143. The number of ether oxygens (including phenoxy) is 1. The molecule has 6 heteroatoms. The number of carbonyl (C=O) groups excluding carboxylic acids is 2. The van der Waals surface area contributed by atoms with E-state index in [0.717, 1.165) is 38.5 Å². The number of aliphatic hydroxyl groups excluding tert-OH is 2. The van der Waals surface area contributed by atoms with Crippen LogP contribution in [0, 0.1) is 0 Å². The number of hydrogen-bond acceptors (Lipinski definition) is 5. The maximum atomic E-state index is 12.6. The van der Waals surface area contributed by atoms with Crippen LogP contribution >= 0.6 is 0 Å². The number of allylic oxidation sites excluding steroid dienone is 2. The summed E-state index contributed by atoms with van der Waals surface area (Å²) in [5.74, 6) is -0.0113. The molecule has 0 aromatic rings. The molecular weight excluding hydrogens is 983 g/mol. The molecule has 0 radical (unpaired) electrons. The number of hydrogen-bond donors (Lipinski definition) is 3. The molecule has 476 valence electrons. The molecule has 3 N–H and O–H groups in total. The van der Waals surface area contributed by atoms with Crippen LogP contribution in [0.5, 0.6) is 0 Å². The first-order valence-corrected chi connectivity index (χ1v) is 36.9. The molecule has 0 aliphatic rings. The van der Waals surface area contributed by atoms with Gasteiger partial charge in [-0.05, 0) is 51.4 Å². The van der Waals surface area contributed by atoms with Gasteiger partial charge in [-0.15, -0.1) is 0 Å². The Hall–Kier alpha value is -1.40. The summed E-state index contributed by atoms with van der Waals surface area (Å²) in [4.78, 5) is 24.6. The first kappa shape index (κ1) is 78.6. The van der Waals surface area contributed by atoms with E-state index in [0.29, 0.717) is 25.9 Å². The van der Waals surface area contributed by atoms with Crippen molar-refractivity contribution >= 4 is 11.9 Å². The Morgan fingerprint density at radius 2 is 0.588 bits per heavy atom. The smallest absolute Gasteiger partial charge is 0.305 e. The SMILES string of the molecule is CCCCCCCCCCCCCCCCCCCCCCCCCC(O)C(CO)NC(=O)CCCCCCCCCCCCCCC/C=C\CCCCCCCCCCCCCCOC(=O)CCCCCCCCCCCCC. The van der Waals surface area contributed by atoms with Gasteiger partial charge in [-0.1, -0.05) is 373 Å². The summed E-state index contributed by atoms with van der Waals surface area (Å²) in [6.45, 7) is 5.00. The molecule has 0 bridgehead atoms. The molecule has 6 nitrogen and oxygen atoms in total. The molecule has 0 saturated heterocycles. The molecule has 0 saturated carbocycles. The van der Waals surface area contributed by atoms with E-state index >= 15 is 0 Å². The largest absolute Gasteiger partial charge is 0.466 e. The molecule has 0 aromatic heterocycles. The first-order chi connectivity index (χ1) is 39.5. The van der Waals surface area contributed by atoms with Crippen LogP contribution in [0.15, 0.2) is 12.2 Å². The zero-order chi connectivity index (χ0) is 57.8. The number of unbranched alkanes of at least 4 members (excludes halogenated alkanes) is 57. The Kier molecular flexibility index (Phi) is 68.9. The van der Waals surface area contributed by atoms with Crippen LogP contribution < -0.4 is 5.32 Å². The average molecular weight is 1130 g/mol. The highest BCUT2D eigenvalue weighted by atomic mass is 16.5. The van der Waals surface area contributed by atoms with Crippen molar-refractivity contribution in [3.8, 4) is 0 Å². The van der Waals surface area contributed by atoms with Gasteiger partial charge in [0, 0.05) is 12.8 Å². The molecule has 0 aliphatic heterocycles. The number of esters is 1. The molecule has 1 amide bonds. The third kappa shape index (κ3) is 65.7. The fourth-order valence-corrected chi connectivity index (χ4v) is 11.9. The highest BCUT2D eigenvalue weighted by Gasteiger charge is 2.20. The lowest BCUT2D eigenvalue weighted by Crippen LogP contribution is -2.45. The van der Waals surface area contributed by atoms with Gasteiger partial charge in [0.15, 0.2) is 0 Å². The predicted molar refractivity (Wildman–Crippen MR) is 352 cm³/mol. The van der Waals surface area contributed by atoms with Gasteiger partial charge in [0.1, 0.15) is 0 Å². The van der Waals surface area contributed by atoms with E-state index < -0.39 is 12.1 Å². The van der Waals surface area contributed by atoms with Crippen LogP contribution in [0.3, 0.4) is 0 Å². The molecule has 0 aliphatic carbocycles. The third-order valence-corrected chi connectivity index (χ3v) is 17.6. The van der Waals surface area contributed by atoms with Crippen LogP contribution in [0.2, 0.25) is 0 Å². The van der Waals surface area contributed by atoms with Gasteiger partial charge in [-0.25, -0.2) is 0 Å². The highest BCUT2D eigenvalue weighted by Crippen LogP contribution is 2.20. The van der Waals surface area contributed by atoms with Crippen molar-refractivity contribution in [3.63, 3.8) is 0 Å². The molecule has 0 spiro atoms. The van der Waals surface area contributed by atoms with E-state index in [9.17, 15) is 19.8 Å². The van der Waals surface area contributed by atoms with Crippen molar-refractivity contribution < 1.29 is 24.5 Å². The van der Waals surface area contributed by atoms with Crippen molar-refractivity contribution in [2.45, 2.75) is 437 Å². The fraction of sp³-hybridized carbons (Fsp3) is 0.946. The third-order valence-electron chi connectivity index (χ3n) is 17.6. The van der Waals surface area contributed by atoms with Crippen LogP contribution in [0.25, 0.3) is 0 Å². The second-order valence-electron chi connectivity index (χ2n) is 25.6. The van der Waals surface area contributed by atoms with Crippen molar-refractivity contribution in [1.82, 2.24) is 5.32 Å². The van der Waals surface area contributed by atoms with Gasteiger partial charge in [0.05, 0.1) is 25.4 Å². The molecule has 0 rings (SSSR count). The topological polar surface area (TPSA) is 95.9 Å². The summed E-state index contributed by atoms with van der Waals surface area (Å²) in [5, 5.41) is 23.5. The van der Waals surface area contributed by atoms with Crippen LogP contribution in [-0.2, 0) is 14.3 Å². The first-order valence-electron chi connectivity index (χ1n) is 36.9. The minimum absolute atomic E-state index is 0.0173. The van der Waals surface area contributed by atoms with E-state index in [-0.39, 0.29) is 18.5 Å². The summed E-state index contributed by atoms with van der Waals surface area (Å²) in [7, 11) is 0. The zero-order valence-corrected chi connectivity index (χ0v) is 54.6. The molecule has 0 heterocycles. The van der Waals surface area contributed by atoms with Crippen molar-refractivity contribution in [2.75, 3.05) is 13.2 Å². The quantitative estimate of drug-likeness (QED) is 0.0320. The molecule has 0 fully saturated rings. The summed E-state index contributed by atoms with van der Waals surface area (Å²) in [6.07, 6.45) is 87.1. The predicted octanol–water partition coefficient (Wildman–Crippen LogP) is 23.9. The Labute approximate surface area is 501 Å². The lowest BCUT2D eigenvalue weighted by Gasteiger charge is -2.22. The second-order valence-corrected chi connectivity index (χ2v) is 25.6. The molecule has 2 atom stereocenters. The van der Waals surface area contributed by atoms with Crippen LogP contribution in [0.1, 0.15) is 425 Å². The van der Waals surface area contributed by atoms with E-state index in [2.05, 4.69) is 31.3 Å². The summed E-state index contributed by atoms with van der Waals surface area (Å²) in [5.41, 5.74) is 0. The Balaban J connectivity index is 3.37. The molecule has 80 heavy (non-hydrogen) atoms. The summed E-state index contributed by atoms with van der Waals surface area (Å²) < 4.78 is 5.48. The minimum Gasteiger partial charge on any atom is -0.466 e. The van der Waals surface area contributed by atoms with Crippen molar-refractivity contribution in [2.24, 2.45) is 0 Å². The number of aliphatic hydroxyl groups is 2. The Morgan fingerprint density at radius 3 is 0.887 bits per heavy atom. The highest BCUT2D eigenvalue weighted by molar-refractivity contribution is 5.76. The minimum atomic E-state index is -0.664. The molecule has 2 unspecified atom stereocenters. The maximum Gasteiger partial charge on any atom is 0.305 e. The lowest BCUT2D eigenvalue weighted by atomic mass is 10.0. The average Bonchev–Trinajstić information content (AvgIpc) is 3.46. The van der Waals surface area contributed by atoms with E-state index in [1.807, 2.05) is 0 Å². The van der Waals surface area contributed by atoms with Crippen molar-refractivity contribution in [1.29, 1.82) is 0 Å². The number of amides is 1. The van der Waals surface area contributed by atoms with Gasteiger partial charge < -0.3 is 20.3 Å². The number of carbonyl (C=O) groups is 2. The standard InChI is InChI=1S/C74H145NO5/c1-3-5-7-9-11-13-15-16-17-18-19-20-28-31-34-37-40-43-47-50-54-58-62-66-72(77)71(70-76)75-73(78)67-63-59-55-51-48-44-41-38-35-32-29-26-24-22-21-23-25-27-30-33-36-39-42-45-49-53-57-61-65-69-80-74(79)68-64-60-56-52-46-14-12-10-8-6-4-2/h21,23,71-72,76-77H,3-20,22,24-70H2,1-2H3,(H,75,78)/b23-21-. The van der Waals surface area contributed by atoms with Crippen LogP contribution in [0.4, 0.5) is 0 Å². The van der Waals surface area contributed by atoms with E-state index in [4.69, 9.17) is 4.74 Å². The molecule has 0 aromatic carbocycles. The number of rotatable bonds is 70. The summed E-state index contributed by atoms with van der Waals surface area (Å²) >= 11 is 0. The summed E-state index contributed by atoms with van der Waals surface area (Å²) in [6, 6.07) is -0.541. The molecular formula is C74H145NO5. The Morgan fingerprint density at radius 1 is 0.338 bits per heavy atom. The monoisotopic (exact) mass is 1130 g/mol. The second kappa shape index (κ2) is 70.1. The van der Waals surface area contributed by atoms with Gasteiger partial charge in [-0.3, -0.25) is 9.59 Å².